The number of amides is 3. The smallest absolute Gasteiger partial charge is 0.222 e. The first kappa shape index (κ1) is 20.2. The number of carbonyl (C=O) groups is 3. The van der Waals surface area contributed by atoms with Gasteiger partial charge in [-0.1, -0.05) is 0 Å². The third-order valence-corrected chi connectivity index (χ3v) is 2.86. The van der Waals surface area contributed by atoms with E-state index in [-0.39, 0.29) is 57.0 Å². The van der Waals surface area contributed by atoms with Crippen molar-refractivity contribution in [2.24, 2.45) is 17.2 Å². The monoisotopic (exact) mass is 317 g/mol. The zero-order valence-corrected chi connectivity index (χ0v) is 12.8. The fourth-order valence-corrected chi connectivity index (χ4v) is 1.72. The lowest BCUT2D eigenvalue weighted by atomic mass is 10.2. The van der Waals surface area contributed by atoms with Gasteiger partial charge in [0.25, 0.3) is 0 Å². The molecule has 0 saturated heterocycles. The first-order chi connectivity index (χ1) is 10.5. The molecule has 0 aliphatic rings. The zero-order valence-electron chi connectivity index (χ0n) is 12.8. The molecule has 0 rings (SSSR count). The van der Waals surface area contributed by atoms with Crippen LogP contribution in [0.2, 0.25) is 0 Å². The summed E-state index contributed by atoms with van der Waals surface area (Å²) < 4.78 is 0. The lowest BCUT2D eigenvalue weighted by molar-refractivity contribution is -0.121. The molecule has 10 nitrogen and oxygen atoms in total. The van der Waals surface area contributed by atoms with E-state index in [1.54, 1.807) is 0 Å². The van der Waals surface area contributed by atoms with Gasteiger partial charge in [-0.25, -0.2) is 0 Å². The molecule has 22 heavy (non-hydrogen) atoms. The molecule has 0 spiro atoms. The Hall–Kier alpha value is -1.75. The number of nitrogens with one attached hydrogen (secondary N) is 3. The van der Waals surface area contributed by atoms with E-state index in [0.717, 1.165) is 0 Å². The molecule has 0 unspecified atom stereocenters. The fourth-order valence-electron chi connectivity index (χ4n) is 1.72. The molecule has 0 atom stereocenters. The number of rotatable bonds is 12. The lowest BCUT2D eigenvalue weighted by Gasteiger charge is -2.21. The van der Waals surface area contributed by atoms with Gasteiger partial charge in [-0.3, -0.25) is 14.4 Å². The van der Waals surface area contributed by atoms with Crippen LogP contribution in [0.3, 0.4) is 0 Å². The Labute approximate surface area is 130 Å². The molecule has 0 bridgehead atoms. The molecule has 0 radical (unpaired) electrons. The van der Waals surface area contributed by atoms with Gasteiger partial charge in [-0.2, -0.15) is 0 Å². The molecular weight excluding hydrogens is 290 g/mol. The van der Waals surface area contributed by atoms with Crippen molar-refractivity contribution in [2.75, 3.05) is 39.6 Å². The van der Waals surface area contributed by atoms with Crippen LogP contribution in [0.25, 0.3) is 0 Å². The molecule has 9 N–H and O–H groups in total. The quantitative estimate of drug-likeness (QED) is 0.203. The van der Waals surface area contributed by atoms with E-state index >= 15 is 0 Å². The minimum Gasteiger partial charge on any atom is -0.344 e. The number of hydrogen-bond donors (Lipinski definition) is 6. The van der Waals surface area contributed by atoms with Crippen molar-refractivity contribution in [1.82, 2.24) is 20.9 Å². The molecule has 0 aliphatic heterocycles. The number of nitrogens with two attached hydrogens (primary N) is 3. The normalized spacial score (nSPS) is 10.4. The molecule has 0 aromatic carbocycles. The summed E-state index contributed by atoms with van der Waals surface area (Å²) in [4.78, 5) is 36.1. The van der Waals surface area contributed by atoms with Crippen LogP contribution >= 0.6 is 0 Å². The summed E-state index contributed by atoms with van der Waals surface area (Å²) in [6, 6.07) is 0. The Morgan fingerprint density at radius 3 is 1.14 bits per heavy atom. The predicted molar refractivity (Wildman–Crippen MR) is 81.9 cm³/mol. The fraction of sp³-hybridized carbons (Fsp3) is 0.750. The second kappa shape index (κ2) is 13.0. The van der Waals surface area contributed by atoms with Crippen LogP contribution in [0.1, 0.15) is 19.3 Å². The number of carbonyl (C=O) groups excluding carboxylic acids is 3. The highest BCUT2D eigenvalue weighted by molar-refractivity contribution is 5.77. The average molecular weight is 317 g/mol. The summed E-state index contributed by atoms with van der Waals surface area (Å²) in [5.74, 6) is -0.527. The van der Waals surface area contributed by atoms with E-state index in [2.05, 4.69) is 16.0 Å². The van der Waals surface area contributed by atoms with Crippen LogP contribution in [-0.2, 0) is 14.4 Å². The first-order valence-corrected chi connectivity index (χ1v) is 7.16. The summed E-state index contributed by atoms with van der Waals surface area (Å²) in [5, 5.41) is 7.48. The second-order valence-electron chi connectivity index (χ2n) is 4.50. The molecule has 0 heterocycles. The topological polar surface area (TPSA) is 169 Å². The second-order valence-corrected chi connectivity index (χ2v) is 4.50. The number of nitrogens with zero attached hydrogens (tertiary/aromatic N) is 1. The lowest BCUT2D eigenvalue weighted by Crippen LogP contribution is -2.38. The van der Waals surface area contributed by atoms with Crippen molar-refractivity contribution in [3.8, 4) is 0 Å². The minimum atomic E-state index is -0.176. The Morgan fingerprint density at radius 2 is 0.909 bits per heavy atom. The van der Waals surface area contributed by atoms with Crippen LogP contribution in [0, 0.1) is 0 Å². The molecule has 0 aromatic heterocycles. The van der Waals surface area contributed by atoms with E-state index in [4.69, 9.17) is 17.2 Å². The Morgan fingerprint density at radius 1 is 0.636 bits per heavy atom. The standard InChI is InChI=1S/C12H27N7O3/c13-7-16-10(20)1-4-19(5-2-11(21)17-8-14)6-3-12(22)18-9-15/h1-9,13-15H2,(H,16,20)(H,17,21)(H,18,22). The van der Waals surface area contributed by atoms with Gasteiger partial charge < -0.3 is 38.1 Å². The van der Waals surface area contributed by atoms with Gasteiger partial charge in [0, 0.05) is 38.9 Å². The van der Waals surface area contributed by atoms with Gasteiger partial charge in [-0.05, 0) is 0 Å². The molecular formula is C12H27N7O3. The maximum atomic E-state index is 11.4. The zero-order chi connectivity index (χ0) is 16.8. The summed E-state index contributed by atoms with van der Waals surface area (Å²) in [6.07, 6.45) is 0.733. The van der Waals surface area contributed by atoms with Crippen LogP contribution < -0.4 is 33.2 Å². The SMILES string of the molecule is NCNC(=O)CCN(CCC(=O)NCN)CCC(=O)NCN. The number of hydrogen-bond acceptors (Lipinski definition) is 7. The molecule has 128 valence electrons. The van der Waals surface area contributed by atoms with E-state index in [9.17, 15) is 14.4 Å². The highest BCUT2D eigenvalue weighted by Gasteiger charge is 2.12. The first-order valence-electron chi connectivity index (χ1n) is 7.16. The molecule has 3 amide bonds. The van der Waals surface area contributed by atoms with Gasteiger partial charge >= 0.3 is 0 Å². The van der Waals surface area contributed by atoms with Crippen LogP contribution in [0.4, 0.5) is 0 Å². The predicted octanol–water partition coefficient (Wildman–Crippen LogP) is -3.44. The van der Waals surface area contributed by atoms with Gasteiger partial charge in [0.1, 0.15) is 0 Å². The van der Waals surface area contributed by atoms with E-state index in [1.807, 2.05) is 4.90 Å². The third kappa shape index (κ3) is 11.0. The maximum Gasteiger partial charge on any atom is 0.222 e. The Balaban J connectivity index is 4.26. The van der Waals surface area contributed by atoms with Crippen molar-refractivity contribution in [1.29, 1.82) is 0 Å². The largest absolute Gasteiger partial charge is 0.344 e. The van der Waals surface area contributed by atoms with Crippen molar-refractivity contribution in [3.63, 3.8) is 0 Å². The third-order valence-electron chi connectivity index (χ3n) is 2.86. The van der Waals surface area contributed by atoms with Crippen molar-refractivity contribution < 1.29 is 14.4 Å². The van der Waals surface area contributed by atoms with E-state index in [0.29, 0.717) is 19.6 Å². The molecule has 0 saturated carbocycles. The van der Waals surface area contributed by atoms with Crippen LogP contribution in [-0.4, -0.2) is 62.3 Å². The summed E-state index contributed by atoms with van der Waals surface area (Å²) in [6.45, 7) is 1.52. The van der Waals surface area contributed by atoms with Gasteiger partial charge in [0.15, 0.2) is 0 Å². The average Bonchev–Trinajstić information content (AvgIpc) is 2.47. The highest BCUT2D eigenvalue weighted by atomic mass is 16.2. The summed E-state index contributed by atoms with van der Waals surface area (Å²) >= 11 is 0. The Bertz CT molecular complexity index is 299. The van der Waals surface area contributed by atoms with Gasteiger partial charge in [0.2, 0.25) is 17.7 Å². The molecule has 0 aromatic rings. The van der Waals surface area contributed by atoms with E-state index in [1.165, 1.54) is 0 Å². The van der Waals surface area contributed by atoms with Crippen molar-refractivity contribution in [3.05, 3.63) is 0 Å². The maximum absolute atomic E-state index is 11.4. The summed E-state index contributed by atoms with van der Waals surface area (Å²) in [7, 11) is 0. The minimum absolute atomic E-state index is 0.0800. The molecule has 10 heteroatoms. The molecule has 0 aliphatic carbocycles. The summed E-state index contributed by atoms with van der Waals surface area (Å²) in [5.41, 5.74) is 15.7. The van der Waals surface area contributed by atoms with Crippen LogP contribution in [0.5, 0.6) is 0 Å². The van der Waals surface area contributed by atoms with Gasteiger partial charge in [-0.15, -0.1) is 0 Å². The molecule has 0 fully saturated rings. The van der Waals surface area contributed by atoms with E-state index < -0.39 is 0 Å². The van der Waals surface area contributed by atoms with Crippen molar-refractivity contribution >= 4 is 17.7 Å². The van der Waals surface area contributed by atoms with Crippen LogP contribution in [0.15, 0.2) is 0 Å². The highest BCUT2D eigenvalue weighted by Crippen LogP contribution is 1.98. The van der Waals surface area contributed by atoms with Gasteiger partial charge in [0.05, 0.1) is 20.0 Å². The Kier molecular flexibility index (Phi) is 11.9. The van der Waals surface area contributed by atoms with Crippen molar-refractivity contribution in [2.45, 2.75) is 19.3 Å².